The minimum atomic E-state index is 0.283. The zero-order valence-corrected chi connectivity index (χ0v) is 12.5. The number of hydrogen-bond donors (Lipinski definition) is 0. The number of benzene rings is 1. The van der Waals surface area contributed by atoms with Crippen molar-refractivity contribution in [2.45, 2.75) is 25.6 Å². The van der Waals surface area contributed by atoms with Crippen LogP contribution in [0.4, 0.5) is 5.82 Å². The number of anilines is 1. The monoisotopic (exact) mass is 293 g/mol. The lowest BCUT2D eigenvalue weighted by Crippen LogP contribution is -2.37. The average molecular weight is 293 g/mol. The van der Waals surface area contributed by atoms with Crippen molar-refractivity contribution in [1.82, 2.24) is 4.98 Å². The molecule has 0 atom stereocenters. The fourth-order valence-corrected chi connectivity index (χ4v) is 2.76. The van der Waals surface area contributed by atoms with Crippen LogP contribution in [0, 0.1) is 11.3 Å². The van der Waals surface area contributed by atoms with Crippen LogP contribution in [-0.4, -0.2) is 24.2 Å². The SMILES string of the molecule is N#Cc1cccnc1N1CCC(OCc2ccccc2)CC1. The lowest BCUT2D eigenvalue weighted by atomic mass is 10.1. The normalized spacial score (nSPS) is 15.5. The van der Waals surface area contributed by atoms with Crippen molar-refractivity contribution in [3.8, 4) is 6.07 Å². The highest BCUT2D eigenvalue weighted by molar-refractivity contribution is 5.53. The molecule has 4 nitrogen and oxygen atoms in total. The van der Waals surface area contributed by atoms with Crippen molar-refractivity contribution in [1.29, 1.82) is 5.26 Å². The number of hydrogen-bond acceptors (Lipinski definition) is 4. The summed E-state index contributed by atoms with van der Waals surface area (Å²) in [5.41, 5.74) is 1.85. The Labute approximate surface area is 131 Å². The molecular weight excluding hydrogens is 274 g/mol. The summed E-state index contributed by atoms with van der Waals surface area (Å²) < 4.78 is 6.00. The molecule has 1 saturated heterocycles. The first-order valence-corrected chi connectivity index (χ1v) is 7.62. The Morgan fingerprint density at radius 1 is 1.14 bits per heavy atom. The quantitative estimate of drug-likeness (QED) is 0.869. The summed E-state index contributed by atoms with van der Waals surface area (Å²) in [6, 6.07) is 16.1. The van der Waals surface area contributed by atoms with Crippen molar-refractivity contribution < 1.29 is 4.74 Å². The molecule has 0 spiro atoms. The largest absolute Gasteiger partial charge is 0.373 e. The molecule has 3 rings (SSSR count). The third-order valence-electron chi connectivity index (χ3n) is 3.98. The number of pyridine rings is 1. The summed E-state index contributed by atoms with van der Waals surface area (Å²) in [4.78, 5) is 6.54. The van der Waals surface area contributed by atoms with Crippen molar-refractivity contribution in [2.75, 3.05) is 18.0 Å². The Bertz CT molecular complexity index is 643. The second-order valence-corrected chi connectivity index (χ2v) is 5.47. The Kier molecular flexibility index (Phi) is 4.67. The molecule has 4 heteroatoms. The topological polar surface area (TPSA) is 49.2 Å². The Hall–Kier alpha value is -2.38. The van der Waals surface area contributed by atoms with Gasteiger partial charge in [0.2, 0.25) is 0 Å². The van der Waals surface area contributed by atoms with E-state index >= 15 is 0 Å². The Morgan fingerprint density at radius 3 is 2.64 bits per heavy atom. The highest BCUT2D eigenvalue weighted by Gasteiger charge is 2.22. The van der Waals surface area contributed by atoms with Crippen molar-refractivity contribution in [2.24, 2.45) is 0 Å². The number of aromatic nitrogens is 1. The number of ether oxygens (including phenoxy) is 1. The molecule has 1 fully saturated rings. The summed E-state index contributed by atoms with van der Waals surface area (Å²) in [5.74, 6) is 0.798. The minimum absolute atomic E-state index is 0.283. The first kappa shape index (κ1) is 14.6. The van der Waals surface area contributed by atoms with E-state index in [0.717, 1.165) is 31.7 Å². The maximum atomic E-state index is 9.17. The van der Waals surface area contributed by atoms with Crippen LogP contribution in [0.5, 0.6) is 0 Å². The molecule has 2 aromatic rings. The molecule has 0 aliphatic carbocycles. The number of nitriles is 1. The molecule has 0 N–H and O–H groups in total. The zero-order valence-electron chi connectivity index (χ0n) is 12.5. The van der Waals surface area contributed by atoms with E-state index in [1.54, 1.807) is 12.3 Å². The Morgan fingerprint density at radius 2 is 1.91 bits per heavy atom. The van der Waals surface area contributed by atoms with Crippen LogP contribution < -0.4 is 4.90 Å². The number of piperidine rings is 1. The van der Waals surface area contributed by atoms with Crippen LogP contribution in [0.1, 0.15) is 24.0 Å². The molecule has 0 radical (unpaired) electrons. The van der Waals surface area contributed by atoms with E-state index in [2.05, 4.69) is 28.1 Å². The molecule has 22 heavy (non-hydrogen) atoms. The molecule has 0 saturated carbocycles. The van der Waals surface area contributed by atoms with E-state index in [1.807, 2.05) is 24.3 Å². The van der Waals surface area contributed by atoms with Gasteiger partial charge in [-0.05, 0) is 30.5 Å². The summed E-state index contributed by atoms with van der Waals surface area (Å²) >= 11 is 0. The van der Waals surface area contributed by atoms with Crippen LogP contribution in [0.25, 0.3) is 0 Å². The van der Waals surface area contributed by atoms with Gasteiger partial charge in [0.15, 0.2) is 0 Å². The molecular formula is C18H19N3O. The van der Waals surface area contributed by atoms with E-state index in [9.17, 15) is 0 Å². The predicted octanol–water partition coefficient (Wildman–Crippen LogP) is 3.14. The van der Waals surface area contributed by atoms with Gasteiger partial charge in [0.05, 0.1) is 18.3 Å². The van der Waals surface area contributed by atoms with Crippen molar-refractivity contribution in [3.05, 3.63) is 59.8 Å². The summed E-state index contributed by atoms with van der Waals surface area (Å²) in [6.45, 7) is 2.43. The summed E-state index contributed by atoms with van der Waals surface area (Å²) in [6.07, 6.45) is 3.96. The van der Waals surface area contributed by atoms with Gasteiger partial charge in [-0.3, -0.25) is 0 Å². The van der Waals surface area contributed by atoms with E-state index in [-0.39, 0.29) is 6.10 Å². The van der Waals surface area contributed by atoms with Gasteiger partial charge in [-0.15, -0.1) is 0 Å². The lowest BCUT2D eigenvalue weighted by molar-refractivity contribution is 0.0250. The van der Waals surface area contributed by atoms with E-state index in [0.29, 0.717) is 12.2 Å². The van der Waals surface area contributed by atoms with Gasteiger partial charge in [0.25, 0.3) is 0 Å². The summed E-state index contributed by atoms with van der Waals surface area (Å²) in [5, 5.41) is 9.17. The molecule has 0 amide bonds. The van der Waals surface area contributed by atoms with Gasteiger partial charge < -0.3 is 9.64 Å². The fraction of sp³-hybridized carbons (Fsp3) is 0.333. The van der Waals surface area contributed by atoms with Gasteiger partial charge in [-0.2, -0.15) is 5.26 Å². The van der Waals surface area contributed by atoms with E-state index in [1.165, 1.54) is 5.56 Å². The van der Waals surface area contributed by atoms with E-state index in [4.69, 9.17) is 10.00 Å². The summed E-state index contributed by atoms with van der Waals surface area (Å²) in [7, 11) is 0. The second-order valence-electron chi connectivity index (χ2n) is 5.47. The third kappa shape index (κ3) is 3.44. The molecule has 112 valence electrons. The second kappa shape index (κ2) is 7.06. The molecule has 1 aromatic carbocycles. The van der Waals surface area contributed by atoms with E-state index < -0.39 is 0 Å². The molecule has 2 heterocycles. The fourth-order valence-electron chi connectivity index (χ4n) is 2.76. The average Bonchev–Trinajstić information content (AvgIpc) is 2.61. The smallest absolute Gasteiger partial charge is 0.146 e. The van der Waals surface area contributed by atoms with Gasteiger partial charge in [-0.1, -0.05) is 30.3 Å². The maximum Gasteiger partial charge on any atom is 0.146 e. The number of nitrogens with zero attached hydrogens (tertiary/aromatic N) is 3. The number of rotatable bonds is 4. The van der Waals surface area contributed by atoms with Gasteiger partial charge >= 0.3 is 0 Å². The third-order valence-corrected chi connectivity index (χ3v) is 3.98. The highest BCUT2D eigenvalue weighted by atomic mass is 16.5. The van der Waals surface area contributed by atoms with Crippen LogP contribution in [0.3, 0.4) is 0 Å². The van der Waals surface area contributed by atoms with Gasteiger partial charge in [0, 0.05) is 19.3 Å². The zero-order chi connectivity index (χ0) is 15.2. The lowest BCUT2D eigenvalue weighted by Gasteiger charge is -2.33. The first-order valence-electron chi connectivity index (χ1n) is 7.62. The first-order chi connectivity index (χ1) is 10.9. The molecule has 1 aliphatic rings. The molecule has 0 unspecified atom stereocenters. The van der Waals surface area contributed by atoms with Crippen LogP contribution >= 0.6 is 0 Å². The van der Waals surface area contributed by atoms with Crippen molar-refractivity contribution in [3.63, 3.8) is 0 Å². The highest BCUT2D eigenvalue weighted by Crippen LogP contribution is 2.22. The van der Waals surface area contributed by atoms with Gasteiger partial charge in [-0.25, -0.2) is 4.98 Å². The maximum absolute atomic E-state index is 9.17. The van der Waals surface area contributed by atoms with Crippen LogP contribution in [0.15, 0.2) is 48.7 Å². The minimum Gasteiger partial charge on any atom is -0.373 e. The molecule has 1 aliphatic heterocycles. The Balaban J connectivity index is 1.53. The molecule has 0 bridgehead atoms. The standard InChI is InChI=1S/C18H19N3O/c19-13-16-7-4-10-20-18(16)21-11-8-17(9-12-21)22-14-15-5-2-1-3-6-15/h1-7,10,17H,8-9,11-12,14H2. The van der Waals surface area contributed by atoms with Crippen molar-refractivity contribution >= 4 is 5.82 Å². The van der Waals surface area contributed by atoms with Crippen LogP contribution in [0.2, 0.25) is 0 Å². The van der Waals surface area contributed by atoms with Gasteiger partial charge in [0.1, 0.15) is 11.9 Å². The van der Waals surface area contributed by atoms with Crippen LogP contribution in [-0.2, 0) is 11.3 Å². The predicted molar refractivity (Wildman–Crippen MR) is 85.4 cm³/mol. The molecule has 1 aromatic heterocycles.